The normalized spacial score (nSPS) is 20.1. The van der Waals surface area contributed by atoms with Gasteiger partial charge in [0.1, 0.15) is 6.04 Å². The number of piperazine rings is 1. The number of sulfonamides is 1. The zero-order valence-corrected chi connectivity index (χ0v) is 15.9. The summed E-state index contributed by atoms with van der Waals surface area (Å²) in [5.41, 5.74) is 1.65. The number of amides is 1. The maximum atomic E-state index is 13.0. The summed E-state index contributed by atoms with van der Waals surface area (Å²) in [6, 6.07) is 11.1. The van der Waals surface area contributed by atoms with E-state index in [4.69, 9.17) is 9.47 Å². The van der Waals surface area contributed by atoms with Gasteiger partial charge < -0.3 is 14.4 Å². The van der Waals surface area contributed by atoms with Gasteiger partial charge in [-0.3, -0.25) is 4.79 Å². The van der Waals surface area contributed by atoms with Crippen molar-refractivity contribution < 1.29 is 22.7 Å². The Morgan fingerprint density at radius 3 is 2.44 bits per heavy atom. The number of carbonyl (C=O) groups is 1. The SMILES string of the molecule is Cc1ccc(S(=O)(=O)N2CCN(c3ccc4c(c3)OCO4)C(=O)[C@@H]2C)cc1. The third-order valence-corrected chi connectivity index (χ3v) is 6.88. The molecular weight excluding hydrogens is 368 g/mol. The van der Waals surface area contributed by atoms with Crippen LogP contribution in [0.15, 0.2) is 47.4 Å². The second-order valence-electron chi connectivity index (χ2n) is 6.63. The summed E-state index contributed by atoms with van der Waals surface area (Å²) in [4.78, 5) is 14.7. The van der Waals surface area contributed by atoms with Crippen LogP contribution >= 0.6 is 0 Å². The Morgan fingerprint density at radius 2 is 1.70 bits per heavy atom. The van der Waals surface area contributed by atoms with E-state index in [2.05, 4.69) is 0 Å². The highest BCUT2D eigenvalue weighted by Crippen LogP contribution is 2.36. The summed E-state index contributed by atoms with van der Waals surface area (Å²) in [6.45, 7) is 4.16. The monoisotopic (exact) mass is 388 g/mol. The molecule has 0 aliphatic carbocycles. The van der Waals surface area contributed by atoms with Gasteiger partial charge in [-0.05, 0) is 38.1 Å². The molecule has 0 bridgehead atoms. The van der Waals surface area contributed by atoms with Gasteiger partial charge in [0.05, 0.1) is 4.90 Å². The summed E-state index contributed by atoms with van der Waals surface area (Å²) in [5.74, 6) is 0.957. The number of anilines is 1. The highest BCUT2D eigenvalue weighted by atomic mass is 32.2. The zero-order valence-electron chi connectivity index (χ0n) is 15.1. The fourth-order valence-corrected chi connectivity index (χ4v) is 4.91. The Kier molecular flexibility index (Phi) is 4.32. The van der Waals surface area contributed by atoms with Gasteiger partial charge in [-0.15, -0.1) is 0 Å². The third-order valence-electron chi connectivity index (χ3n) is 4.89. The first kappa shape index (κ1) is 17.8. The van der Waals surface area contributed by atoms with E-state index in [1.165, 1.54) is 4.31 Å². The minimum absolute atomic E-state index is 0.158. The van der Waals surface area contributed by atoms with E-state index < -0.39 is 16.1 Å². The van der Waals surface area contributed by atoms with Crippen LogP contribution in [-0.2, 0) is 14.8 Å². The highest BCUT2D eigenvalue weighted by Gasteiger charge is 2.39. The van der Waals surface area contributed by atoms with Crippen LogP contribution in [0.4, 0.5) is 5.69 Å². The summed E-state index contributed by atoms with van der Waals surface area (Å²) in [7, 11) is -3.73. The topological polar surface area (TPSA) is 76.2 Å². The molecule has 1 atom stereocenters. The molecule has 1 fully saturated rings. The fourth-order valence-electron chi connectivity index (χ4n) is 3.33. The van der Waals surface area contributed by atoms with E-state index in [1.807, 2.05) is 6.92 Å². The van der Waals surface area contributed by atoms with Gasteiger partial charge >= 0.3 is 0 Å². The van der Waals surface area contributed by atoms with E-state index in [-0.39, 0.29) is 30.7 Å². The lowest BCUT2D eigenvalue weighted by atomic mass is 10.2. The van der Waals surface area contributed by atoms with Crippen molar-refractivity contribution in [1.29, 1.82) is 0 Å². The van der Waals surface area contributed by atoms with E-state index in [1.54, 1.807) is 54.3 Å². The van der Waals surface area contributed by atoms with E-state index in [0.717, 1.165) is 5.56 Å². The van der Waals surface area contributed by atoms with Crippen LogP contribution in [0.2, 0.25) is 0 Å². The molecule has 2 heterocycles. The fraction of sp³-hybridized carbons (Fsp3) is 0.316. The second-order valence-corrected chi connectivity index (χ2v) is 8.52. The molecule has 0 unspecified atom stereocenters. The van der Waals surface area contributed by atoms with Crippen molar-refractivity contribution >= 4 is 21.6 Å². The lowest BCUT2D eigenvalue weighted by Crippen LogP contribution is -2.57. The van der Waals surface area contributed by atoms with Crippen molar-refractivity contribution in [3.63, 3.8) is 0 Å². The van der Waals surface area contributed by atoms with Gasteiger partial charge in [0.2, 0.25) is 22.7 Å². The predicted molar refractivity (Wildman–Crippen MR) is 99.5 cm³/mol. The molecule has 0 saturated carbocycles. The van der Waals surface area contributed by atoms with Gasteiger partial charge in [0, 0.05) is 24.8 Å². The molecular formula is C19H20N2O5S. The second kappa shape index (κ2) is 6.54. The number of hydrogen-bond donors (Lipinski definition) is 0. The summed E-state index contributed by atoms with van der Waals surface area (Å²) < 4.78 is 37.9. The number of ether oxygens (including phenoxy) is 2. The molecule has 27 heavy (non-hydrogen) atoms. The number of carbonyl (C=O) groups excluding carboxylic acids is 1. The van der Waals surface area contributed by atoms with Gasteiger partial charge in [-0.2, -0.15) is 4.31 Å². The van der Waals surface area contributed by atoms with Crippen molar-refractivity contribution in [2.45, 2.75) is 24.8 Å². The summed E-state index contributed by atoms with van der Waals surface area (Å²) in [5, 5.41) is 0. The molecule has 0 N–H and O–H groups in total. The Bertz CT molecular complexity index is 988. The van der Waals surface area contributed by atoms with Gasteiger partial charge in [0.25, 0.3) is 0 Å². The maximum absolute atomic E-state index is 13.0. The van der Waals surface area contributed by atoms with E-state index >= 15 is 0 Å². The molecule has 1 saturated heterocycles. The van der Waals surface area contributed by atoms with E-state index in [0.29, 0.717) is 17.2 Å². The first-order valence-electron chi connectivity index (χ1n) is 8.67. The molecule has 4 rings (SSSR count). The lowest BCUT2D eigenvalue weighted by Gasteiger charge is -2.38. The first-order valence-corrected chi connectivity index (χ1v) is 10.1. The van der Waals surface area contributed by atoms with Crippen LogP contribution in [0.3, 0.4) is 0 Å². The molecule has 2 aliphatic rings. The maximum Gasteiger partial charge on any atom is 0.245 e. The van der Waals surface area contributed by atoms with Crippen molar-refractivity contribution in [3.05, 3.63) is 48.0 Å². The Hall–Kier alpha value is -2.58. The minimum Gasteiger partial charge on any atom is -0.454 e. The van der Waals surface area contributed by atoms with Crippen LogP contribution < -0.4 is 14.4 Å². The number of aryl methyl sites for hydroxylation is 1. The average molecular weight is 388 g/mol. The lowest BCUT2D eigenvalue weighted by molar-refractivity contribution is -0.123. The third kappa shape index (κ3) is 3.04. The minimum atomic E-state index is -3.73. The Morgan fingerprint density at radius 1 is 1.00 bits per heavy atom. The molecule has 2 aliphatic heterocycles. The van der Waals surface area contributed by atoms with Crippen molar-refractivity contribution in [3.8, 4) is 11.5 Å². The molecule has 142 valence electrons. The molecule has 0 aromatic heterocycles. The molecule has 7 nitrogen and oxygen atoms in total. The number of benzene rings is 2. The Balaban J connectivity index is 1.59. The molecule has 0 spiro atoms. The number of nitrogens with zero attached hydrogens (tertiary/aromatic N) is 2. The molecule has 2 aromatic rings. The van der Waals surface area contributed by atoms with Crippen LogP contribution in [-0.4, -0.2) is 44.6 Å². The largest absolute Gasteiger partial charge is 0.454 e. The van der Waals surface area contributed by atoms with Crippen molar-refractivity contribution in [2.24, 2.45) is 0 Å². The van der Waals surface area contributed by atoms with Crippen LogP contribution in [0, 0.1) is 6.92 Å². The molecule has 1 amide bonds. The zero-order chi connectivity index (χ0) is 19.2. The number of hydrogen-bond acceptors (Lipinski definition) is 5. The highest BCUT2D eigenvalue weighted by molar-refractivity contribution is 7.89. The summed E-state index contributed by atoms with van der Waals surface area (Å²) in [6.07, 6.45) is 0. The molecule has 0 radical (unpaired) electrons. The van der Waals surface area contributed by atoms with Crippen molar-refractivity contribution in [1.82, 2.24) is 4.31 Å². The van der Waals surface area contributed by atoms with Crippen LogP contribution in [0.1, 0.15) is 12.5 Å². The average Bonchev–Trinajstić information content (AvgIpc) is 3.12. The number of fused-ring (bicyclic) bond motifs is 1. The van der Waals surface area contributed by atoms with Crippen LogP contribution in [0.5, 0.6) is 11.5 Å². The Labute approximate surface area is 158 Å². The van der Waals surface area contributed by atoms with Crippen LogP contribution in [0.25, 0.3) is 0 Å². The van der Waals surface area contributed by atoms with Gasteiger partial charge in [-0.25, -0.2) is 8.42 Å². The number of rotatable bonds is 3. The standard InChI is InChI=1S/C19H20N2O5S/c1-13-3-6-16(7-4-13)27(23,24)21-10-9-20(19(22)14(21)2)15-5-8-17-18(11-15)26-12-25-17/h3-8,11,14H,9-10,12H2,1-2H3/t14-/m0/s1. The van der Waals surface area contributed by atoms with E-state index in [9.17, 15) is 13.2 Å². The predicted octanol–water partition coefficient (Wildman–Crippen LogP) is 2.15. The van der Waals surface area contributed by atoms with Gasteiger partial charge in [-0.1, -0.05) is 17.7 Å². The quantitative estimate of drug-likeness (QED) is 0.805. The molecule has 2 aromatic carbocycles. The summed E-state index contributed by atoms with van der Waals surface area (Å²) >= 11 is 0. The smallest absolute Gasteiger partial charge is 0.245 e. The van der Waals surface area contributed by atoms with Crippen molar-refractivity contribution in [2.75, 3.05) is 24.8 Å². The first-order chi connectivity index (χ1) is 12.9. The van der Waals surface area contributed by atoms with Gasteiger partial charge in [0.15, 0.2) is 11.5 Å². The molecule has 8 heteroatoms.